The maximum Gasteiger partial charge on any atom is 0.313 e. The fraction of sp³-hybridized carbons (Fsp3) is 0.586. The topological polar surface area (TPSA) is 124 Å². The van der Waals surface area contributed by atoms with Gasteiger partial charge < -0.3 is 25.2 Å². The van der Waals surface area contributed by atoms with Gasteiger partial charge in [0.25, 0.3) is 0 Å². The van der Waals surface area contributed by atoms with Crippen molar-refractivity contribution in [1.29, 1.82) is 0 Å². The highest BCUT2D eigenvalue weighted by molar-refractivity contribution is 5.78. The number of aliphatic carboxylic acids is 1. The van der Waals surface area contributed by atoms with Crippen LogP contribution in [0.15, 0.2) is 61.8 Å². The second-order valence-corrected chi connectivity index (χ2v) is 10.3. The zero-order chi connectivity index (χ0) is 26.9. The first-order chi connectivity index (χ1) is 17.1. The summed E-state index contributed by atoms with van der Waals surface area (Å²) in [7, 11) is 0. The highest BCUT2D eigenvalue weighted by atomic mass is 16.5. The number of hydrogen-bond donors (Lipinski definition) is 4. The molecule has 7 heteroatoms. The fourth-order valence-corrected chi connectivity index (χ4v) is 5.68. The van der Waals surface area contributed by atoms with E-state index in [0.717, 1.165) is 5.57 Å². The summed E-state index contributed by atoms with van der Waals surface area (Å²) in [6, 6.07) is 0. The molecule has 0 heterocycles. The summed E-state index contributed by atoms with van der Waals surface area (Å²) in [5.41, 5.74) is 0.0661. The van der Waals surface area contributed by atoms with Crippen LogP contribution in [0.1, 0.15) is 58.3 Å². The van der Waals surface area contributed by atoms with Crippen LogP contribution in [0.4, 0.5) is 0 Å². The second-order valence-electron chi connectivity index (χ2n) is 10.3. The van der Waals surface area contributed by atoms with Gasteiger partial charge in [0.05, 0.1) is 30.1 Å². The molecule has 0 saturated carbocycles. The third-order valence-corrected chi connectivity index (χ3v) is 7.46. The van der Waals surface area contributed by atoms with E-state index in [1.807, 2.05) is 12.2 Å². The van der Waals surface area contributed by atoms with E-state index in [2.05, 4.69) is 32.7 Å². The fourth-order valence-electron chi connectivity index (χ4n) is 5.68. The van der Waals surface area contributed by atoms with Gasteiger partial charge >= 0.3 is 11.9 Å². The van der Waals surface area contributed by atoms with Crippen LogP contribution >= 0.6 is 0 Å². The molecule has 0 aromatic rings. The van der Waals surface area contributed by atoms with Gasteiger partial charge in [-0.2, -0.15) is 0 Å². The van der Waals surface area contributed by atoms with Gasteiger partial charge in [0, 0.05) is 12.3 Å². The first kappa shape index (κ1) is 29.7. The molecule has 7 atom stereocenters. The van der Waals surface area contributed by atoms with Crippen LogP contribution in [-0.4, -0.2) is 56.8 Å². The Morgan fingerprint density at radius 2 is 1.75 bits per heavy atom. The third-order valence-electron chi connectivity index (χ3n) is 7.46. The molecule has 0 aromatic heterocycles. The van der Waals surface area contributed by atoms with Crippen molar-refractivity contribution in [3.05, 3.63) is 61.8 Å². The van der Waals surface area contributed by atoms with Crippen molar-refractivity contribution in [2.45, 2.75) is 82.7 Å². The normalized spacial score (nSPS) is 27.2. The molecule has 0 aliphatic heterocycles. The summed E-state index contributed by atoms with van der Waals surface area (Å²) < 4.78 is 6.16. The summed E-state index contributed by atoms with van der Waals surface area (Å²) in [6.45, 7) is 13.5. The molecule has 0 fully saturated rings. The van der Waals surface area contributed by atoms with E-state index in [0.29, 0.717) is 32.1 Å². The number of carboxylic acids is 1. The molecule has 0 radical (unpaired) electrons. The van der Waals surface area contributed by atoms with Crippen LogP contribution in [0.25, 0.3) is 0 Å². The summed E-state index contributed by atoms with van der Waals surface area (Å²) in [4.78, 5) is 24.4. The van der Waals surface area contributed by atoms with Crippen LogP contribution < -0.4 is 0 Å². The number of carbonyl (C=O) groups is 2. The average Bonchev–Trinajstić information content (AvgIpc) is 2.78. The van der Waals surface area contributed by atoms with Crippen LogP contribution in [0.3, 0.4) is 0 Å². The first-order valence-electron chi connectivity index (χ1n) is 12.8. The molecule has 4 N–H and O–H groups in total. The number of allylic oxidation sites excluding steroid dienone is 5. The predicted molar refractivity (Wildman–Crippen MR) is 139 cm³/mol. The molecule has 2 aliphatic rings. The van der Waals surface area contributed by atoms with Crippen molar-refractivity contribution in [2.75, 3.05) is 0 Å². The quantitative estimate of drug-likeness (QED) is 0.196. The Morgan fingerprint density at radius 3 is 2.31 bits per heavy atom. The molecule has 0 saturated heterocycles. The van der Waals surface area contributed by atoms with Gasteiger partial charge in [-0.25, -0.2) is 0 Å². The minimum Gasteiger partial charge on any atom is -0.481 e. The van der Waals surface area contributed by atoms with Crippen LogP contribution in [0.5, 0.6) is 0 Å². The number of fused-ring (bicyclic) bond motifs is 1. The molecular formula is C29H42O7. The van der Waals surface area contributed by atoms with Gasteiger partial charge in [0.2, 0.25) is 0 Å². The van der Waals surface area contributed by atoms with Gasteiger partial charge in [0.15, 0.2) is 0 Å². The Kier molecular flexibility index (Phi) is 11.3. The van der Waals surface area contributed by atoms with Gasteiger partial charge in [-0.05, 0) is 55.9 Å². The summed E-state index contributed by atoms with van der Waals surface area (Å²) in [6.07, 6.45) is 9.77. The molecule has 0 bridgehead atoms. The number of hydrogen-bond acceptors (Lipinski definition) is 6. The number of ether oxygens (including phenoxy) is 1. The molecule has 36 heavy (non-hydrogen) atoms. The van der Waals surface area contributed by atoms with Crippen LogP contribution in [-0.2, 0) is 14.3 Å². The summed E-state index contributed by atoms with van der Waals surface area (Å²) >= 11 is 0. The number of aliphatic hydroxyl groups excluding tert-OH is 3. The second kappa shape index (κ2) is 13.7. The van der Waals surface area contributed by atoms with Gasteiger partial charge in [-0.3, -0.25) is 9.59 Å². The number of carboxylic acid groups (broad SMARTS) is 1. The number of aliphatic hydroxyl groups is 3. The molecule has 2 rings (SSSR count). The maximum atomic E-state index is 13.5. The SMILES string of the molecule is C=CCC(CC=C)(CC=C)C(=O)O[C@H]1C[C@H](O)C=C2C=C[C@H](C)[C@H](CC[C@@H](O)C[C@@H](O)CC(=O)O)[C@H]21. The average molecular weight is 503 g/mol. The molecule has 0 unspecified atom stereocenters. The maximum absolute atomic E-state index is 13.5. The largest absolute Gasteiger partial charge is 0.481 e. The zero-order valence-electron chi connectivity index (χ0n) is 21.3. The van der Waals surface area contributed by atoms with E-state index in [9.17, 15) is 24.9 Å². The molecule has 0 aromatic carbocycles. The Labute approximate surface area is 214 Å². The zero-order valence-corrected chi connectivity index (χ0v) is 21.3. The Morgan fingerprint density at radius 1 is 1.14 bits per heavy atom. The van der Waals surface area contributed by atoms with Crippen molar-refractivity contribution in [3.8, 4) is 0 Å². The molecule has 2 aliphatic carbocycles. The predicted octanol–water partition coefficient (Wildman–Crippen LogP) is 4.11. The number of esters is 1. The van der Waals surface area contributed by atoms with Crippen molar-refractivity contribution in [1.82, 2.24) is 0 Å². The van der Waals surface area contributed by atoms with Gasteiger partial charge in [-0.1, -0.05) is 43.4 Å². The van der Waals surface area contributed by atoms with Crippen molar-refractivity contribution in [2.24, 2.45) is 23.2 Å². The van der Waals surface area contributed by atoms with Crippen molar-refractivity contribution in [3.63, 3.8) is 0 Å². The Balaban J connectivity index is 2.23. The lowest BCUT2D eigenvalue weighted by Crippen LogP contribution is -2.45. The van der Waals surface area contributed by atoms with E-state index in [-0.39, 0.29) is 36.6 Å². The minimum absolute atomic E-state index is 0.0130. The van der Waals surface area contributed by atoms with Gasteiger partial charge in [-0.15, -0.1) is 19.7 Å². The van der Waals surface area contributed by atoms with Crippen LogP contribution in [0, 0.1) is 23.2 Å². The Bertz CT molecular complexity index is 831. The van der Waals surface area contributed by atoms with E-state index in [1.165, 1.54) is 0 Å². The highest BCUT2D eigenvalue weighted by Crippen LogP contribution is 2.45. The summed E-state index contributed by atoms with van der Waals surface area (Å²) in [5.74, 6) is -1.45. The van der Waals surface area contributed by atoms with E-state index < -0.39 is 42.2 Å². The summed E-state index contributed by atoms with van der Waals surface area (Å²) in [5, 5.41) is 39.7. The van der Waals surface area contributed by atoms with Crippen LogP contribution in [0.2, 0.25) is 0 Å². The number of rotatable bonds is 15. The molecular weight excluding hydrogens is 460 g/mol. The lowest BCUT2D eigenvalue weighted by molar-refractivity contribution is -0.167. The van der Waals surface area contributed by atoms with E-state index in [4.69, 9.17) is 9.84 Å². The highest BCUT2D eigenvalue weighted by Gasteiger charge is 2.45. The molecule has 200 valence electrons. The van der Waals surface area contributed by atoms with E-state index >= 15 is 0 Å². The third kappa shape index (κ3) is 7.76. The molecule has 7 nitrogen and oxygen atoms in total. The molecule has 0 amide bonds. The minimum atomic E-state index is -1.11. The number of carbonyl (C=O) groups excluding carboxylic acids is 1. The van der Waals surface area contributed by atoms with Gasteiger partial charge in [0.1, 0.15) is 6.10 Å². The first-order valence-corrected chi connectivity index (χ1v) is 12.8. The smallest absolute Gasteiger partial charge is 0.313 e. The van der Waals surface area contributed by atoms with Crippen molar-refractivity contribution < 1.29 is 34.8 Å². The lowest BCUT2D eigenvalue weighted by atomic mass is 9.66. The van der Waals surface area contributed by atoms with E-state index in [1.54, 1.807) is 18.2 Å². The molecule has 0 spiro atoms. The monoisotopic (exact) mass is 502 g/mol. The standard InChI is InChI=1S/C29H42O7/c1-5-12-29(13-6-2,14-7-3)28(35)36-25-17-22(31)15-20-9-8-19(4)24(27(20)25)11-10-21(30)16-23(32)18-26(33)34/h5-9,15,19,21-25,27,30-32H,1-3,10-14,16-18H2,4H3,(H,33,34)/t19-,21+,22+,23+,24-,25-,27-/m0/s1. The lowest BCUT2D eigenvalue weighted by Gasteiger charge is -2.44. The van der Waals surface area contributed by atoms with Crippen molar-refractivity contribution >= 4 is 11.9 Å². The Hall–Kier alpha value is -2.48.